The van der Waals surface area contributed by atoms with E-state index >= 15 is 0 Å². The van der Waals surface area contributed by atoms with Crippen molar-refractivity contribution in [3.63, 3.8) is 0 Å². The predicted octanol–water partition coefficient (Wildman–Crippen LogP) is 2.22. The molecule has 2 aromatic rings. The Morgan fingerprint density at radius 2 is 2.11 bits per heavy atom. The number of nitrogens with one attached hydrogen (secondary N) is 1. The summed E-state index contributed by atoms with van der Waals surface area (Å²) in [5, 5.41) is 11.2. The summed E-state index contributed by atoms with van der Waals surface area (Å²) in [6.45, 7) is 3.56. The lowest BCUT2D eigenvalue weighted by Crippen LogP contribution is -2.09. The molecule has 0 aliphatic carbocycles. The van der Waals surface area contributed by atoms with E-state index in [-0.39, 0.29) is 28.4 Å². The van der Waals surface area contributed by atoms with Crippen molar-refractivity contribution in [1.82, 2.24) is 4.98 Å². The van der Waals surface area contributed by atoms with Crippen LogP contribution >= 0.6 is 0 Å². The number of benzene rings is 1. The van der Waals surface area contributed by atoms with E-state index in [4.69, 9.17) is 4.74 Å². The molecule has 6 heteroatoms. The maximum Gasteiger partial charge on any atom is 0.311 e. The summed E-state index contributed by atoms with van der Waals surface area (Å²) in [5.74, 6) is 0.157. The van der Waals surface area contributed by atoms with Crippen molar-refractivity contribution in [3.8, 4) is 5.75 Å². The van der Waals surface area contributed by atoms with Gasteiger partial charge in [-0.1, -0.05) is 0 Å². The third-order valence-electron chi connectivity index (χ3n) is 2.40. The normalized spacial score (nSPS) is 10.8. The molecule has 1 N–H and O–H groups in total. The third-order valence-corrected chi connectivity index (χ3v) is 2.40. The van der Waals surface area contributed by atoms with Gasteiger partial charge in [-0.3, -0.25) is 14.9 Å². The predicted molar refractivity (Wildman–Crippen MR) is 67.0 cm³/mol. The molecule has 94 valence electrons. The van der Waals surface area contributed by atoms with Crippen molar-refractivity contribution < 1.29 is 9.66 Å². The number of rotatable bonds is 3. The van der Waals surface area contributed by atoms with Gasteiger partial charge in [0, 0.05) is 24.4 Å². The molecule has 0 bridgehead atoms. The molecule has 0 spiro atoms. The van der Waals surface area contributed by atoms with E-state index < -0.39 is 4.92 Å². The quantitative estimate of drug-likeness (QED) is 0.666. The first kappa shape index (κ1) is 12.1. The fourth-order valence-corrected chi connectivity index (χ4v) is 1.68. The smallest absolute Gasteiger partial charge is 0.311 e. The average molecular weight is 248 g/mol. The van der Waals surface area contributed by atoms with Gasteiger partial charge in [-0.25, -0.2) is 0 Å². The highest BCUT2D eigenvalue weighted by Gasteiger charge is 2.18. The van der Waals surface area contributed by atoms with Crippen LogP contribution in [0.15, 0.2) is 29.2 Å². The van der Waals surface area contributed by atoms with Crippen LogP contribution in [0.2, 0.25) is 0 Å². The maximum absolute atomic E-state index is 11.6. The molecule has 2 rings (SSSR count). The topological polar surface area (TPSA) is 85.2 Å². The van der Waals surface area contributed by atoms with Crippen molar-refractivity contribution >= 4 is 16.6 Å². The van der Waals surface area contributed by atoms with Crippen LogP contribution in [-0.2, 0) is 0 Å². The Morgan fingerprint density at radius 3 is 2.72 bits per heavy atom. The van der Waals surface area contributed by atoms with E-state index in [1.165, 1.54) is 24.4 Å². The number of aromatic nitrogens is 1. The Bertz CT molecular complexity index is 661. The Labute approximate surface area is 102 Å². The zero-order valence-corrected chi connectivity index (χ0v) is 9.97. The fourth-order valence-electron chi connectivity index (χ4n) is 1.68. The monoisotopic (exact) mass is 248 g/mol. The van der Waals surface area contributed by atoms with Crippen LogP contribution in [0, 0.1) is 10.1 Å². The molecule has 0 aliphatic rings. The van der Waals surface area contributed by atoms with Gasteiger partial charge in [-0.2, -0.15) is 0 Å². The maximum atomic E-state index is 11.6. The summed E-state index contributed by atoms with van der Waals surface area (Å²) in [7, 11) is 0. The van der Waals surface area contributed by atoms with Gasteiger partial charge < -0.3 is 9.72 Å². The lowest BCUT2D eigenvalue weighted by molar-refractivity contribution is -0.385. The molecule has 1 heterocycles. The molecule has 0 saturated carbocycles. The highest BCUT2D eigenvalue weighted by molar-refractivity contribution is 5.83. The van der Waals surface area contributed by atoms with Crippen molar-refractivity contribution in [2.75, 3.05) is 0 Å². The summed E-state index contributed by atoms with van der Waals surface area (Å²) >= 11 is 0. The van der Waals surface area contributed by atoms with E-state index in [2.05, 4.69) is 4.98 Å². The van der Waals surface area contributed by atoms with Gasteiger partial charge in [-0.15, -0.1) is 0 Å². The SMILES string of the molecule is CC(C)Oc1cc2[nH]ccc(=O)c2cc1[N+](=O)[O-]. The van der Waals surface area contributed by atoms with E-state index in [0.29, 0.717) is 5.52 Å². The first-order valence-corrected chi connectivity index (χ1v) is 5.45. The van der Waals surface area contributed by atoms with Crippen molar-refractivity contribution in [2.45, 2.75) is 20.0 Å². The molecule has 0 saturated heterocycles. The molecular weight excluding hydrogens is 236 g/mol. The molecule has 18 heavy (non-hydrogen) atoms. The summed E-state index contributed by atoms with van der Waals surface area (Å²) in [6.07, 6.45) is 1.31. The van der Waals surface area contributed by atoms with Crippen molar-refractivity contribution in [3.05, 3.63) is 44.7 Å². The van der Waals surface area contributed by atoms with Crippen LogP contribution < -0.4 is 10.2 Å². The van der Waals surface area contributed by atoms with E-state index in [1.807, 2.05) is 0 Å². The Balaban J connectivity index is 2.72. The third kappa shape index (κ3) is 2.17. The van der Waals surface area contributed by atoms with Gasteiger partial charge in [0.15, 0.2) is 11.2 Å². The number of nitrogens with zero attached hydrogens (tertiary/aromatic N) is 1. The lowest BCUT2D eigenvalue weighted by atomic mass is 10.2. The zero-order chi connectivity index (χ0) is 13.3. The molecular formula is C12H12N2O4. The number of hydrogen-bond donors (Lipinski definition) is 1. The summed E-state index contributed by atoms with van der Waals surface area (Å²) < 4.78 is 5.39. The minimum atomic E-state index is -0.552. The first-order chi connectivity index (χ1) is 8.49. The van der Waals surface area contributed by atoms with Gasteiger partial charge in [0.05, 0.1) is 21.9 Å². The number of pyridine rings is 1. The molecule has 6 nitrogen and oxygen atoms in total. The van der Waals surface area contributed by atoms with E-state index in [0.717, 1.165) is 0 Å². The highest BCUT2D eigenvalue weighted by atomic mass is 16.6. The van der Waals surface area contributed by atoms with Crippen LogP contribution in [0.3, 0.4) is 0 Å². The molecule has 0 radical (unpaired) electrons. The van der Waals surface area contributed by atoms with Gasteiger partial charge in [-0.05, 0) is 13.8 Å². The number of aromatic amines is 1. The highest BCUT2D eigenvalue weighted by Crippen LogP contribution is 2.30. The second-order valence-electron chi connectivity index (χ2n) is 4.13. The Hall–Kier alpha value is -2.37. The van der Waals surface area contributed by atoms with Crippen molar-refractivity contribution in [2.24, 2.45) is 0 Å². The summed E-state index contributed by atoms with van der Waals surface area (Å²) in [4.78, 5) is 24.9. The molecule has 0 atom stereocenters. The number of nitro benzene ring substituents is 1. The van der Waals surface area contributed by atoms with Gasteiger partial charge in [0.1, 0.15) is 0 Å². The van der Waals surface area contributed by atoms with Gasteiger partial charge in [0.25, 0.3) is 0 Å². The molecule has 1 aromatic heterocycles. The van der Waals surface area contributed by atoms with Crippen LogP contribution in [0.1, 0.15) is 13.8 Å². The molecule has 1 aromatic carbocycles. The fraction of sp³-hybridized carbons (Fsp3) is 0.250. The molecule has 0 unspecified atom stereocenters. The Kier molecular flexibility index (Phi) is 3.01. The minimum absolute atomic E-state index is 0.157. The zero-order valence-electron chi connectivity index (χ0n) is 9.97. The number of fused-ring (bicyclic) bond motifs is 1. The number of nitro groups is 1. The van der Waals surface area contributed by atoms with Crippen LogP contribution in [-0.4, -0.2) is 16.0 Å². The first-order valence-electron chi connectivity index (χ1n) is 5.45. The lowest BCUT2D eigenvalue weighted by Gasteiger charge is -2.10. The molecule has 0 aliphatic heterocycles. The largest absolute Gasteiger partial charge is 0.484 e. The van der Waals surface area contributed by atoms with Crippen LogP contribution in [0.4, 0.5) is 5.69 Å². The van der Waals surface area contributed by atoms with Crippen LogP contribution in [0.5, 0.6) is 5.75 Å². The molecule has 0 amide bonds. The Morgan fingerprint density at radius 1 is 1.39 bits per heavy atom. The van der Waals surface area contributed by atoms with E-state index in [9.17, 15) is 14.9 Å². The van der Waals surface area contributed by atoms with E-state index in [1.54, 1.807) is 13.8 Å². The summed E-state index contributed by atoms with van der Waals surface area (Å²) in [6, 6.07) is 4.05. The minimum Gasteiger partial charge on any atom is -0.484 e. The van der Waals surface area contributed by atoms with Gasteiger partial charge in [0.2, 0.25) is 0 Å². The molecule has 0 fully saturated rings. The van der Waals surface area contributed by atoms with Crippen molar-refractivity contribution in [1.29, 1.82) is 0 Å². The standard InChI is InChI=1S/C12H12N2O4/c1-7(2)18-12-6-9-8(5-10(12)14(16)17)11(15)3-4-13-9/h3-7H,1-2H3,(H,13,15). The van der Waals surface area contributed by atoms with Gasteiger partial charge >= 0.3 is 5.69 Å². The second-order valence-corrected chi connectivity index (χ2v) is 4.13. The average Bonchev–Trinajstić information content (AvgIpc) is 2.27. The van der Waals surface area contributed by atoms with Crippen LogP contribution in [0.25, 0.3) is 10.9 Å². The number of H-pyrrole nitrogens is 1. The number of ether oxygens (including phenoxy) is 1. The number of hydrogen-bond acceptors (Lipinski definition) is 4. The summed E-state index contributed by atoms with van der Waals surface area (Å²) in [5.41, 5.74) is 0.0552. The second kappa shape index (κ2) is 4.48.